The molecular formula is C14H29N3O. The third-order valence-corrected chi connectivity index (χ3v) is 4.03. The number of hydrogen-bond donors (Lipinski definition) is 1. The minimum absolute atomic E-state index is 0.155. The van der Waals surface area contributed by atoms with Crippen molar-refractivity contribution in [3.63, 3.8) is 0 Å². The van der Waals surface area contributed by atoms with Gasteiger partial charge in [0.1, 0.15) is 0 Å². The molecule has 1 aliphatic carbocycles. The second-order valence-corrected chi connectivity index (χ2v) is 5.37. The van der Waals surface area contributed by atoms with E-state index in [1.54, 1.807) is 4.90 Å². The van der Waals surface area contributed by atoms with E-state index < -0.39 is 0 Å². The van der Waals surface area contributed by atoms with E-state index in [4.69, 9.17) is 0 Å². The van der Waals surface area contributed by atoms with Crippen LogP contribution in [0.3, 0.4) is 0 Å². The summed E-state index contributed by atoms with van der Waals surface area (Å²) in [5.41, 5.74) is 0. The number of carbonyl (C=O) groups excluding carboxylic acids is 1. The normalized spacial score (nSPS) is 23.8. The Balaban J connectivity index is 2.35. The molecule has 0 spiro atoms. The molecule has 2 amide bonds. The Kier molecular flexibility index (Phi) is 6.47. The molecule has 0 bridgehead atoms. The molecule has 1 rings (SSSR count). The molecule has 0 saturated heterocycles. The maximum Gasteiger partial charge on any atom is 0.319 e. The van der Waals surface area contributed by atoms with E-state index >= 15 is 0 Å². The standard InChI is InChI=1S/C14H29N3O/c1-5-11-15-12-7-9-13(10-8-12)17(4)14(18)16(3)6-2/h12-13,15H,5-11H2,1-4H3. The summed E-state index contributed by atoms with van der Waals surface area (Å²) >= 11 is 0. The van der Waals surface area contributed by atoms with Crippen molar-refractivity contribution in [1.29, 1.82) is 0 Å². The molecule has 1 saturated carbocycles. The Morgan fingerprint density at radius 1 is 1.17 bits per heavy atom. The molecule has 0 atom stereocenters. The van der Waals surface area contributed by atoms with Crippen molar-refractivity contribution in [3.8, 4) is 0 Å². The Bertz CT molecular complexity index is 249. The third kappa shape index (κ3) is 4.16. The molecule has 0 aromatic carbocycles. The monoisotopic (exact) mass is 255 g/mol. The van der Waals surface area contributed by atoms with E-state index in [0.717, 1.165) is 25.9 Å². The van der Waals surface area contributed by atoms with Gasteiger partial charge in [-0.2, -0.15) is 0 Å². The Morgan fingerprint density at radius 2 is 1.78 bits per heavy atom. The average Bonchev–Trinajstić information content (AvgIpc) is 2.43. The number of urea groups is 1. The summed E-state index contributed by atoms with van der Waals surface area (Å²) in [6.07, 6.45) is 5.83. The van der Waals surface area contributed by atoms with E-state index in [1.165, 1.54) is 19.3 Å². The summed E-state index contributed by atoms with van der Waals surface area (Å²) in [5.74, 6) is 0. The number of nitrogens with zero attached hydrogens (tertiary/aromatic N) is 2. The van der Waals surface area contributed by atoms with Gasteiger partial charge in [0.2, 0.25) is 0 Å². The first-order valence-corrected chi connectivity index (χ1v) is 7.31. The minimum atomic E-state index is 0.155. The smallest absolute Gasteiger partial charge is 0.319 e. The van der Waals surface area contributed by atoms with Gasteiger partial charge >= 0.3 is 6.03 Å². The average molecular weight is 255 g/mol. The molecule has 1 fully saturated rings. The van der Waals surface area contributed by atoms with Gasteiger partial charge in [0, 0.05) is 32.7 Å². The summed E-state index contributed by atoms with van der Waals surface area (Å²) in [5, 5.41) is 3.58. The second-order valence-electron chi connectivity index (χ2n) is 5.37. The zero-order valence-corrected chi connectivity index (χ0v) is 12.4. The largest absolute Gasteiger partial charge is 0.328 e. The number of amides is 2. The highest BCUT2D eigenvalue weighted by Gasteiger charge is 2.27. The van der Waals surface area contributed by atoms with E-state index in [2.05, 4.69) is 12.2 Å². The van der Waals surface area contributed by atoms with Gasteiger partial charge in [-0.1, -0.05) is 6.92 Å². The van der Waals surface area contributed by atoms with Gasteiger partial charge in [-0.15, -0.1) is 0 Å². The van der Waals surface area contributed by atoms with Crippen LogP contribution in [-0.4, -0.2) is 55.1 Å². The summed E-state index contributed by atoms with van der Waals surface area (Å²) in [6, 6.07) is 1.24. The van der Waals surface area contributed by atoms with Gasteiger partial charge in [-0.25, -0.2) is 4.79 Å². The fraction of sp³-hybridized carbons (Fsp3) is 0.929. The summed E-state index contributed by atoms with van der Waals surface area (Å²) in [7, 11) is 3.81. The lowest BCUT2D eigenvalue weighted by Crippen LogP contribution is -2.47. The van der Waals surface area contributed by atoms with E-state index in [-0.39, 0.29) is 6.03 Å². The fourth-order valence-electron chi connectivity index (χ4n) is 2.58. The van der Waals surface area contributed by atoms with Crippen LogP contribution in [0.1, 0.15) is 46.0 Å². The minimum Gasteiger partial charge on any atom is -0.328 e. The van der Waals surface area contributed by atoms with Crippen molar-refractivity contribution in [3.05, 3.63) is 0 Å². The van der Waals surface area contributed by atoms with Crippen molar-refractivity contribution in [2.75, 3.05) is 27.2 Å². The van der Waals surface area contributed by atoms with E-state index in [1.807, 2.05) is 25.9 Å². The number of nitrogens with one attached hydrogen (secondary N) is 1. The third-order valence-electron chi connectivity index (χ3n) is 4.03. The zero-order valence-electron chi connectivity index (χ0n) is 12.4. The van der Waals surface area contributed by atoms with Gasteiger partial charge in [-0.3, -0.25) is 0 Å². The second kappa shape index (κ2) is 7.62. The molecule has 106 valence electrons. The topological polar surface area (TPSA) is 35.6 Å². The van der Waals surface area contributed by atoms with Gasteiger partial charge in [-0.05, 0) is 45.6 Å². The summed E-state index contributed by atoms with van der Waals surface area (Å²) < 4.78 is 0. The van der Waals surface area contributed by atoms with E-state index in [0.29, 0.717) is 12.1 Å². The molecule has 0 heterocycles. The predicted molar refractivity (Wildman–Crippen MR) is 75.8 cm³/mol. The SMILES string of the molecule is CCCNC1CCC(N(C)C(=O)N(C)CC)CC1. The van der Waals surface area contributed by atoms with Crippen LogP contribution in [-0.2, 0) is 0 Å². The van der Waals surface area contributed by atoms with Crippen molar-refractivity contribution >= 4 is 6.03 Å². The lowest BCUT2D eigenvalue weighted by molar-refractivity contribution is 0.139. The highest BCUT2D eigenvalue weighted by Crippen LogP contribution is 2.23. The number of carbonyl (C=O) groups is 1. The van der Waals surface area contributed by atoms with Gasteiger partial charge in [0.15, 0.2) is 0 Å². The highest BCUT2D eigenvalue weighted by molar-refractivity contribution is 5.74. The van der Waals surface area contributed by atoms with Gasteiger partial charge < -0.3 is 15.1 Å². The number of hydrogen-bond acceptors (Lipinski definition) is 2. The fourth-order valence-corrected chi connectivity index (χ4v) is 2.58. The Labute approximate surface area is 112 Å². The molecule has 4 heteroatoms. The Morgan fingerprint density at radius 3 is 2.28 bits per heavy atom. The predicted octanol–water partition coefficient (Wildman–Crippen LogP) is 2.30. The maximum absolute atomic E-state index is 12.1. The van der Waals surface area contributed by atoms with Crippen LogP contribution in [0.5, 0.6) is 0 Å². The lowest BCUT2D eigenvalue weighted by Gasteiger charge is -2.36. The van der Waals surface area contributed by atoms with Crippen LogP contribution >= 0.6 is 0 Å². The van der Waals surface area contributed by atoms with Crippen LogP contribution in [0.2, 0.25) is 0 Å². The van der Waals surface area contributed by atoms with E-state index in [9.17, 15) is 4.79 Å². The maximum atomic E-state index is 12.1. The van der Waals surface area contributed by atoms with Crippen LogP contribution in [0, 0.1) is 0 Å². The molecule has 1 aliphatic rings. The van der Waals surface area contributed by atoms with Crippen molar-refractivity contribution in [2.45, 2.75) is 58.0 Å². The molecule has 0 aliphatic heterocycles. The quantitative estimate of drug-likeness (QED) is 0.818. The molecule has 0 unspecified atom stereocenters. The molecule has 4 nitrogen and oxygen atoms in total. The Hall–Kier alpha value is -0.770. The first-order chi connectivity index (χ1) is 8.60. The molecule has 0 aromatic rings. The van der Waals surface area contributed by atoms with Crippen molar-refractivity contribution in [1.82, 2.24) is 15.1 Å². The highest BCUT2D eigenvalue weighted by atomic mass is 16.2. The zero-order chi connectivity index (χ0) is 13.5. The van der Waals surface area contributed by atoms with Crippen molar-refractivity contribution in [2.24, 2.45) is 0 Å². The molecule has 0 aromatic heterocycles. The number of rotatable bonds is 5. The first-order valence-electron chi connectivity index (χ1n) is 7.31. The first kappa shape index (κ1) is 15.3. The van der Waals surface area contributed by atoms with Gasteiger partial charge in [0.05, 0.1) is 0 Å². The van der Waals surface area contributed by atoms with Crippen LogP contribution in [0.4, 0.5) is 4.79 Å². The molecule has 1 N–H and O–H groups in total. The van der Waals surface area contributed by atoms with Crippen LogP contribution < -0.4 is 5.32 Å². The van der Waals surface area contributed by atoms with Crippen LogP contribution in [0.15, 0.2) is 0 Å². The summed E-state index contributed by atoms with van der Waals surface area (Å²) in [6.45, 7) is 6.10. The van der Waals surface area contributed by atoms with Crippen LogP contribution in [0.25, 0.3) is 0 Å². The summed E-state index contributed by atoms with van der Waals surface area (Å²) in [4.78, 5) is 15.8. The lowest BCUT2D eigenvalue weighted by atomic mass is 9.90. The molecular weight excluding hydrogens is 226 g/mol. The van der Waals surface area contributed by atoms with Gasteiger partial charge in [0.25, 0.3) is 0 Å². The molecule has 18 heavy (non-hydrogen) atoms. The molecule has 0 radical (unpaired) electrons. The van der Waals surface area contributed by atoms with Crippen molar-refractivity contribution < 1.29 is 4.79 Å².